The molecule has 0 spiro atoms. The lowest BCUT2D eigenvalue weighted by molar-refractivity contribution is 0.167. The third kappa shape index (κ3) is 3.88. The standard InChI is InChI=1S/C26H31FN4O/c1-18-3-8-24-23(17-18)25(20-4-6-21(27)7-5-20)19(2)31(24)22-9-12-29(13-10-22)15-16-30-14-11-28-26(30)32/h3-8,17,22H,9-16H2,1-2H3,(H,28,32). The van der Waals surface area contributed by atoms with Crippen LogP contribution in [-0.4, -0.2) is 59.7 Å². The summed E-state index contributed by atoms with van der Waals surface area (Å²) in [4.78, 5) is 16.2. The summed E-state index contributed by atoms with van der Waals surface area (Å²) >= 11 is 0. The molecular formula is C26H31FN4O. The second-order valence-corrected chi connectivity index (χ2v) is 9.15. The van der Waals surface area contributed by atoms with Gasteiger partial charge in [-0.05, 0) is 56.5 Å². The number of piperidine rings is 1. The highest BCUT2D eigenvalue weighted by molar-refractivity contribution is 5.98. The molecule has 168 valence electrons. The van der Waals surface area contributed by atoms with E-state index in [9.17, 15) is 9.18 Å². The van der Waals surface area contributed by atoms with E-state index < -0.39 is 0 Å². The molecule has 2 aliphatic heterocycles. The van der Waals surface area contributed by atoms with Gasteiger partial charge in [0.05, 0.1) is 0 Å². The van der Waals surface area contributed by atoms with E-state index in [4.69, 9.17) is 0 Å². The first-order valence-electron chi connectivity index (χ1n) is 11.6. The maximum absolute atomic E-state index is 13.6. The lowest BCUT2D eigenvalue weighted by Crippen LogP contribution is -2.41. The van der Waals surface area contributed by atoms with Gasteiger partial charge in [-0.25, -0.2) is 9.18 Å². The molecule has 0 atom stereocenters. The van der Waals surface area contributed by atoms with Crippen molar-refractivity contribution in [2.24, 2.45) is 0 Å². The van der Waals surface area contributed by atoms with Crippen LogP contribution in [0.15, 0.2) is 42.5 Å². The number of fused-ring (bicyclic) bond motifs is 1. The fourth-order valence-corrected chi connectivity index (χ4v) is 5.40. The molecule has 0 unspecified atom stereocenters. The van der Waals surface area contributed by atoms with Gasteiger partial charge in [-0.2, -0.15) is 0 Å². The number of likely N-dealkylation sites (tertiary alicyclic amines) is 1. The highest BCUT2D eigenvalue weighted by atomic mass is 19.1. The van der Waals surface area contributed by atoms with Crippen molar-refractivity contribution < 1.29 is 9.18 Å². The van der Waals surface area contributed by atoms with E-state index in [1.54, 1.807) is 12.1 Å². The predicted molar refractivity (Wildman–Crippen MR) is 126 cm³/mol. The molecule has 0 saturated carbocycles. The lowest BCUT2D eigenvalue weighted by atomic mass is 10.0. The van der Waals surface area contributed by atoms with E-state index in [0.29, 0.717) is 6.04 Å². The summed E-state index contributed by atoms with van der Waals surface area (Å²) in [6.07, 6.45) is 2.18. The number of carbonyl (C=O) groups is 1. The van der Waals surface area contributed by atoms with Crippen LogP contribution in [0.3, 0.4) is 0 Å². The molecule has 5 nitrogen and oxygen atoms in total. The van der Waals surface area contributed by atoms with Gasteiger partial charge in [0, 0.05) is 67.5 Å². The number of nitrogens with zero attached hydrogens (tertiary/aromatic N) is 3. The van der Waals surface area contributed by atoms with Gasteiger partial charge >= 0.3 is 6.03 Å². The van der Waals surface area contributed by atoms with E-state index in [1.165, 1.54) is 27.7 Å². The van der Waals surface area contributed by atoms with Crippen molar-refractivity contribution in [2.45, 2.75) is 32.7 Å². The van der Waals surface area contributed by atoms with Gasteiger partial charge in [-0.15, -0.1) is 0 Å². The number of carbonyl (C=O) groups excluding carboxylic acids is 1. The Kier molecular flexibility index (Phi) is 5.64. The van der Waals surface area contributed by atoms with Crippen molar-refractivity contribution in [1.82, 2.24) is 19.7 Å². The SMILES string of the molecule is Cc1ccc2c(c1)c(-c1ccc(F)cc1)c(C)n2C1CCN(CCN2CCNC2=O)CC1. The van der Waals surface area contributed by atoms with Crippen LogP contribution in [-0.2, 0) is 0 Å². The van der Waals surface area contributed by atoms with Crippen molar-refractivity contribution in [3.63, 3.8) is 0 Å². The van der Waals surface area contributed by atoms with Crippen LogP contribution in [0.5, 0.6) is 0 Å². The number of aromatic nitrogens is 1. The molecule has 3 heterocycles. The van der Waals surface area contributed by atoms with Crippen molar-refractivity contribution in [3.05, 3.63) is 59.5 Å². The van der Waals surface area contributed by atoms with Crippen LogP contribution in [0.1, 0.15) is 30.1 Å². The van der Waals surface area contributed by atoms with Gasteiger partial charge in [-0.1, -0.05) is 23.8 Å². The van der Waals surface area contributed by atoms with E-state index in [-0.39, 0.29) is 11.8 Å². The zero-order valence-electron chi connectivity index (χ0n) is 18.9. The van der Waals surface area contributed by atoms with Crippen molar-refractivity contribution in [2.75, 3.05) is 39.3 Å². The normalized spacial score (nSPS) is 18.0. The van der Waals surface area contributed by atoms with E-state index in [0.717, 1.165) is 57.7 Å². The molecule has 2 aromatic carbocycles. The van der Waals surface area contributed by atoms with Crippen LogP contribution in [0.2, 0.25) is 0 Å². The summed E-state index contributed by atoms with van der Waals surface area (Å²) in [7, 11) is 0. The van der Waals surface area contributed by atoms with Crippen molar-refractivity contribution in [1.29, 1.82) is 0 Å². The van der Waals surface area contributed by atoms with Crippen LogP contribution in [0.4, 0.5) is 9.18 Å². The molecule has 5 rings (SSSR count). The van der Waals surface area contributed by atoms with Gasteiger partial charge < -0.3 is 19.7 Å². The van der Waals surface area contributed by atoms with E-state index in [2.05, 4.69) is 46.8 Å². The van der Waals surface area contributed by atoms with E-state index in [1.807, 2.05) is 17.0 Å². The summed E-state index contributed by atoms with van der Waals surface area (Å²) in [6.45, 7) is 9.72. The van der Waals surface area contributed by atoms with Crippen LogP contribution >= 0.6 is 0 Å². The quantitative estimate of drug-likeness (QED) is 0.631. The van der Waals surface area contributed by atoms with Gasteiger partial charge in [0.1, 0.15) is 5.82 Å². The molecule has 32 heavy (non-hydrogen) atoms. The fourth-order valence-electron chi connectivity index (χ4n) is 5.40. The van der Waals surface area contributed by atoms with Crippen LogP contribution in [0.25, 0.3) is 22.0 Å². The third-order valence-electron chi connectivity index (χ3n) is 7.09. The number of nitrogens with one attached hydrogen (secondary N) is 1. The first-order chi connectivity index (χ1) is 15.5. The van der Waals surface area contributed by atoms with Crippen LogP contribution < -0.4 is 5.32 Å². The molecule has 0 bridgehead atoms. The zero-order valence-corrected chi connectivity index (χ0v) is 18.9. The number of halogens is 1. The first-order valence-corrected chi connectivity index (χ1v) is 11.6. The summed E-state index contributed by atoms with van der Waals surface area (Å²) in [5.74, 6) is -0.204. The smallest absolute Gasteiger partial charge is 0.317 e. The second kappa shape index (κ2) is 8.58. The molecule has 0 radical (unpaired) electrons. The predicted octanol–water partition coefficient (Wildman–Crippen LogP) is 4.73. The third-order valence-corrected chi connectivity index (χ3v) is 7.09. The molecule has 2 fully saturated rings. The topological polar surface area (TPSA) is 40.5 Å². The second-order valence-electron chi connectivity index (χ2n) is 9.15. The molecule has 0 aliphatic carbocycles. The van der Waals surface area contributed by atoms with Gasteiger partial charge in [0.2, 0.25) is 0 Å². The Morgan fingerprint density at radius 3 is 2.44 bits per heavy atom. The number of hydrogen-bond acceptors (Lipinski definition) is 2. The number of hydrogen-bond donors (Lipinski definition) is 1. The first kappa shape index (κ1) is 21.0. The molecular weight excluding hydrogens is 403 g/mol. The summed E-state index contributed by atoms with van der Waals surface area (Å²) in [6, 6.07) is 14.1. The molecule has 2 saturated heterocycles. The number of rotatable bonds is 5. The molecule has 2 aliphatic rings. The van der Waals surface area contributed by atoms with Crippen molar-refractivity contribution >= 4 is 16.9 Å². The Balaban J connectivity index is 1.38. The fraction of sp³-hybridized carbons (Fsp3) is 0.423. The van der Waals surface area contributed by atoms with Gasteiger partial charge in [0.25, 0.3) is 0 Å². The summed E-state index contributed by atoms with van der Waals surface area (Å²) < 4.78 is 16.1. The molecule has 1 N–H and O–H groups in total. The van der Waals surface area contributed by atoms with Crippen LogP contribution in [0, 0.1) is 19.7 Å². The minimum Gasteiger partial charge on any atom is -0.341 e. The average Bonchev–Trinajstić information content (AvgIpc) is 3.33. The molecule has 3 aromatic rings. The lowest BCUT2D eigenvalue weighted by Gasteiger charge is -2.34. The number of benzene rings is 2. The molecule has 1 aromatic heterocycles. The Morgan fingerprint density at radius 2 is 1.75 bits per heavy atom. The number of amides is 2. The Morgan fingerprint density at radius 1 is 1.00 bits per heavy atom. The monoisotopic (exact) mass is 434 g/mol. The molecule has 6 heteroatoms. The van der Waals surface area contributed by atoms with Gasteiger partial charge in [-0.3, -0.25) is 0 Å². The van der Waals surface area contributed by atoms with Crippen molar-refractivity contribution in [3.8, 4) is 11.1 Å². The minimum absolute atomic E-state index is 0.0675. The highest BCUT2D eigenvalue weighted by Crippen LogP contribution is 2.39. The Bertz CT molecular complexity index is 1130. The van der Waals surface area contributed by atoms with Gasteiger partial charge in [0.15, 0.2) is 0 Å². The maximum atomic E-state index is 13.6. The maximum Gasteiger partial charge on any atom is 0.317 e. The average molecular weight is 435 g/mol. The number of urea groups is 1. The Hall–Kier alpha value is -2.86. The number of aryl methyl sites for hydroxylation is 1. The zero-order chi connectivity index (χ0) is 22.2. The minimum atomic E-state index is -0.204. The Labute approximate surface area is 188 Å². The largest absolute Gasteiger partial charge is 0.341 e. The highest BCUT2D eigenvalue weighted by Gasteiger charge is 2.26. The van der Waals surface area contributed by atoms with E-state index >= 15 is 0 Å². The molecule has 2 amide bonds. The summed E-state index contributed by atoms with van der Waals surface area (Å²) in [5, 5.41) is 4.12. The summed E-state index contributed by atoms with van der Waals surface area (Å²) in [5.41, 5.74) is 6.04.